The maximum Gasteiger partial charge on any atom is 0.265 e. The summed E-state index contributed by atoms with van der Waals surface area (Å²) < 4.78 is 33.3. The third-order valence-electron chi connectivity index (χ3n) is 4.87. The summed E-state index contributed by atoms with van der Waals surface area (Å²) in [6.45, 7) is 0.190. The first-order valence-electron chi connectivity index (χ1n) is 9.16. The molecule has 1 aliphatic carbocycles. The lowest BCUT2D eigenvalue weighted by molar-refractivity contribution is -0.0118. The van der Waals surface area contributed by atoms with Crippen molar-refractivity contribution in [2.75, 3.05) is 23.7 Å². The molecule has 2 aromatic rings. The van der Waals surface area contributed by atoms with Crippen LogP contribution in [-0.4, -0.2) is 35.8 Å². The fourth-order valence-electron chi connectivity index (χ4n) is 3.27. The summed E-state index contributed by atoms with van der Waals surface area (Å²) in [7, 11) is 0. The Morgan fingerprint density at radius 1 is 1.26 bits per heavy atom. The summed E-state index contributed by atoms with van der Waals surface area (Å²) in [6.07, 6.45) is 4.22. The molecule has 2 heterocycles. The van der Waals surface area contributed by atoms with Gasteiger partial charge in [-0.3, -0.25) is 5.41 Å². The van der Waals surface area contributed by atoms with Gasteiger partial charge in [0.15, 0.2) is 0 Å². The first-order chi connectivity index (χ1) is 12.9. The first kappa shape index (κ1) is 17.7. The molecule has 1 saturated heterocycles. The Balaban J connectivity index is 1.59. The third-order valence-corrected chi connectivity index (χ3v) is 4.87. The Labute approximate surface area is 156 Å². The van der Waals surface area contributed by atoms with E-state index in [2.05, 4.69) is 4.98 Å². The van der Waals surface area contributed by atoms with Crippen LogP contribution in [0, 0.1) is 5.41 Å². The van der Waals surface area contributed by atoms with E-state index in [1.807, 2.05) is 0 Å². The Morgan fingerprint density at radius 2 is 2.07 bits per heavy atom. The van der Waals surface area contributed by atoms with E-state index < -0.39 is 5.92 Å². The normalized spacial score (nSPS) is 19.0. The number of nitrogens with two attached hydrogens (primary N) is 1. The van der Waals surface area contributed by atoms with Gasteiger partial charge in [-0.1, -0.05) is 0 Å². The summed E-state index contributed by atoms with van der Waals surface area (Å²) in [6, 6.07) is 8.68. The molecule has 142 valence electrons. The molecular weight excluding hydrogens is 350 g/mol. The molecule has 7 heteroatoms. The van der Waals surface area contributed by atoms with Gasteiger partial charge in [-0.2, -0.15) is 0 Å². The molecule has 5 nitrogen and oxygen atoms in total. The van der Waals surface area contributed by atoms with Gasteiger partial charge in [0.25, 0.3) is 5.92 Å². The zero-order chi connectivity index (χ0) is 19.0. The summed E-state index contributed by atoms with van der Waals surface area (Å²) in [5, 5.41) is 8.56. The second kappa shape index (κ2) is 6.79. The van der Waals surface area contributed by atoms with Crippen LogP contribution in [-0.2, 0) is 0 Å². The van der Waals surface area contributed by atoms with Gasteiger partial charge < -0.3 is 15.4 Å². The molecule has 0 bridgehead atoms. The molecule has 2 fully saturated rings. The molecule has 1 aromatic carbocycles. The highest BCUT2D eigenvalue weighted by Crippen LogP contribution is 2.31. The van der Waals surface area contributed by atoms with E-state index in [1.54, 1.807) is 41.4 Å². The maximum absolute atomic E-state index is 13.7. The number of aromatic nitrogens is 1. The molecule has 0 unspecified atom stereocenters. The molecule has 2 aliphatic rings. The lowest BCUT2D eigenvalue weighted by Crippen LogP contribution is -2.43. The fraction of sp³-hybridized carbons (Fsp3) is 0.400. The van der Waals surface area contributed by atoms with Crippen LogP contribution in [0.2, 0.25) is 0 Å². The minimum atomic E-state index is -2.71. The van der Waals surface area contributed by atoms with Crippen LogP contribution in [0.15, 0.2) is 36.5 Å². The molecule has 0 amide bonds. The van der Waals surface area contributed by atoms with E-state index in [0.717, 1.165) is 12.8 Å². The number of piperidine rings is 1. The molecule has 0 atom stereocenters. The van der Waals surface area contributed by atoms with E-state index in [0.29, 0.717) is 41.3 Å². The second-order valence-corrected chi connectivity index (χ2v) is 7.23. The van der Waals surface area contributed by atoms with Gasteiger partial charge in [-0.15, -0.1) is 0 Å². The summed E-state index contributed by atoms with van der Waals surface area (Å²) in [4.78, 5) is 5.81. The van der Waals surface area contributed by atoms with Gasteiger partial charge >= 0.3 is 0 Å². The number of rotatable bonds is 5. The molecule has 3 N–H and O–H groups in total. The number of nitrogen functional groups attached to an aromatic ring is 1. The van der Waals surface area contributed by atoms with E-state index >= 15 is 0 Å². The summed E-state index contributed by atoms with van der Waals surface area (Å²) >= 11 is 0. The van der Waals surface area contributed by atoms with Crippen molar-refractivity contribution < 1.29 is 13.5 Å². The van der Waals surface area contributed by atoms with Crippen molar-refractivity contribution >= 4 is 17.2 Å². The van der Waals surface area contributed by atoms with Crippen molar-refractivity contribution in [3.63, 3.8) is 0 Å². The van der Waals surface area contributed by atoms with E-state index in [4.69, 9.17) is 15.9 Å². The van der Waals surface area contributed by atoms with Crippen LogP contribution in [0.1, 0.15) is 36.8 Å². The molecule has 0 radical (unpaired) electrons. The van der Waals surface area contributed by atoms with Crippen LogP contribution in [0.4, 0.5) is 20.3 Å². The maximum atomic E-state index is 13.7. The lowest BCUT2D eigenvalue weighted by atomic mass is 10.0. The van der Waals surface area contributed by atoms with E-state index in [1.165, 1.54) is 0 Å². The number of anilines is 2. The van der Waals surface area contributed by atoms with Crippen LogP contribution in [0.25, 0.3) is 0 Å². The number of pyridine rings is 1. The first-order valence-corrected chi connectivity index (χ1v) is 9.16. The number of benzene rings is 1. The van der Waals surface area contributed by atoms with Gasteiger partial charge in [-0.05, 0) is 49.6 Å². The largest absolute Gasteiger partial charge is 0.490 e. The average molecular weight is 372 g/mol. The highest BCUT2D eigenvalue weighted by Gasteiger charge is 2.35. The molecule has 27 heavy (non-hydrogen) atoms. The van der Waals surface area contributed by atoms with Crippen molar-refractivity contribution in [2.24, 2.45) is 0 Å². The van der Waals surface area contributed by atoms with Gasteiger partial charge in [0, 0.05) is 36.0 Å². The quantitative estimate of drug-likeness (QED) is 0.617. The Kier molecular flexibility index (Phi) is 4.45. The highest BCUT2D eigenvalue weighted by atomic mass is 19.3. The van der Waals surface area contributed by atoms with Gasteiger partial charge in [0.1, 0.15) is 11.6 Å². The minimum absolute atomic E-state index is 0.0939. The SMILES string of the molecule is N=C(c1ccnc(N2CCCC(F)(F)C2)c1)c1cc(OC2CC2)ccc1N. The average Bonchev–Trinajstić information content (AvgIpc) is 3.46. The van der Waals surface area contributed by atoms with Gasteiger partial charge in [0.2, 0.25) is 0 Å². The summed E-state index contributed by atoms with van der Waals surface area (Å²) in [5.74, 6) is -1.56. The number of halogens is 2. The number of nitrogens with one attached hydrogen (secondary N) is 1. The fourth-order valence-corrected chi connectivity index (χ4v) is 3.27. The number of nitrogens with zero attached hydrogens (tertiary/aromatic N) is 2. The van der Waals surface area contributed by atoms with E-state index in [-0.39, 0.29) is 24.8 Å². The number of ether oxygens (including phenoxy) is 1. The second-order valence-electron chi connectivity index (χ2n) is 7.23. The predicted octanol–water partition coefficient (Wildman–Crippen LogP) is 3.86. The molecule has 4 rings (SSSR count). The van der Waals surface area contributed by atoms with Crippen LogP contribution in [0.5, 0.6) is 5.75 Å². The van der Waals surface area contributed by atoms with Crippen LogP contribution >= 0.6 is 0 Å². The number of alkyl halides is 2. The van der Waals surface area contributed by atoms with Crippen LogP contribution in [0.3, 0.4) is 0 Å². The molecule has 1 aromatic heterocycles. The third kappa shape index (κ3) is 4.02. The Hall–Kier alpha value is -2.70. The monoisotopic (exact) mass is 372 g/mol. The Morgan fingerprint density at radius 3 is 2.81 bits per heavy atom. The number of hydrogen-bond donors (Lipinski definition) is 2. The predicted molar refractivity (Wildman–Crippen MR) is 101 cm³/mol. The van der Waals surface area contributed by atoms with Crippen molar-refractivity contribution in [2.45, 2.75) is 37.7 Å². The molecule has 0 spiro atoms. The van der Waals surface area contributed by atoms with Crippen molar-refractivity contribution in [3.05, 3.63) is 47.7 Å². The van der Waals surface area contributed by atoms with E-state index in [9.17, 15) is 8.78 Å². The lowest BCUT2D eigenvalue weighted by Gasteiger charge is -2.33. The van der Waals surface area contributed by atoms with Crippen LogP contribution < -0.4 is 15.4 Å². The number of hydrogen-bond acceptors (Lipinski definition) is 5. The van der Waals surface area contributed by atoms with Crippen molar-refractivity contribution in [1.82, 2.24) is 4.98 Å². The molecule has 1 saturated carbocycles. The van der Waals surface area contributed by atoms with Gasteiger partial charge in [0.05, 0.1) is 18.4 Å². The Bertz CT molecular complexity index is 867. The van der Waals surface area contributed by atoms with Gasteiger partial charge in [-0.25, -0.2) is 13.8 Å². The van der Waals surface area contributed by atoms with Crippen molar-refractivity contribution in [3.8, 4) is 5.75 Å². The zero-order valence-electron chi connectivity index (χ0n) is 14.9. The highest BCUT2D eigenvalue weighted by molar-refractivity contribution is 6.14. The molecule has 1 aliphatic heterocycles. The summed E-state index contributed by atoms with van der Waals surface area (Å²) in [5.41, 5.74) is 7.92. The minimum Gasteiger partial charge on any atom is -0.490 e. The zero-order valence-corrected chi connectivity index (χ0v) is 14.9. The molecular formula is C20H22F2N4O. The standard InChI is InChI=1S/C20H22F2N4O/c21-20(22)7-1-9-26(12-20)18-10-13(6-8-25-18)19(24)16-11-15(4-5-17(16)23)27-14-2-3-14/h4-6,8,10-11,14,24H,1-3,7,9,12,23H2. The van der Waals surface area contributed by atoms with Crippen molar-refractivity contribution in [1.29, 1.82) is 5.41 Å². The topological polar surface area (TPSA) is 75.2 Å². The smallest absolute Gasteiger partial charge is 0.265 e.